The van der Waals surface area contributed by atoms with Gasteiger partial charge in [-0.1, -0.05) is 47.5 Å². The molecule has 0 aliphatic carbocycles. The zero-order valence-electron chi connectivity index (χ0n) is 12.7. The van der Waals surface area contributed by atoms with E-state index in [9.17, 15) is 5.11 Å². The molecule has 0 spiro atoms. The molecule has 0 amide bonds. The van der Waals surface area contributed by atoms with Crippen LogP contribution < -0.4 is 10.1 Å². The summed E-state index contributed by atoms with van der Waals surface area (Å²) in [5, 5.41) is 14.5. The van der Waals surface area contributed by atoms with Gasteiger partial charge in [0.2, 0.25) is 0 Å². The molecule has 0 saturated carbocycles. The fourth-order valence-electron chi connectivity index (χ4n) is 1.99. The molecule has 126 valence electrons. The molecule has 6 heteroatoms. The lowest BCUT2D eigenvalue weighted by Gasteiger charge is -2.18. The number of nitrogens with one attached hydrogen (secondary N) is 1. The molecule has 3 nitrogen and oxygen atoms in total. The molecule has 0 bridgehead atoms. The van der Waals surface area contributed by atoms with Gasteiger partial charge in [-0.15, -0.1) is 12.4 Å². The van der Waals surface area contributed by atoms with Gasteiger partial charge in [0.05, 0.1) is 5.02 Å². The Morgan fingerprint density at radius 1 is 1.09 bits per heavy atom. The third kappa shape index (κ3) is 6.58. The summed E-state index contributed by atoms with van der Waals surface area (Å²) in [4.78, 5) is 0. The molecule has 2 aromatic carbocycles. The van der Waals surface area contributed by atoms with Gasteiger partial charge >= 0.3 is 0 Å². The molecule has 2 aromatic rings. The molecule has 2 N–H and O–H groups in total. The first kappa shape index (κ1) is 20.1. The number of aliphatic hydroxyl groups excluding tert-OH is 1. The predicted octanol–water partition coefficient (Wildman–Crippen LogP) is 4.51. The van der Waals surface area contributed by atoms with Gasteiger partial charge in [0.15, 0.2) is 0 Å². The standard InChI is InChI=1S/C17H19Cl2NO2.ClH/c1-12(13-6-8-14(18)9-7-13)20-10-15(21)11-22-17-5-3-2-4-16(17)19;/h2-9,12,15,20-21H,10-11H2,1H3;1H. The van der Waals surface area contributed by atoms with E-state index in [2.05, 4.69) is 5.32 Å². The van der Waals surface area contributed by atoms with Gasteiger partial charge in [-0.2, -0.15) is 0 Å². The van der Waals surface area contributed by atoms with Gasteiger partial charge in [-0.25, -0.2) is 0 Å². The van der Waals surface area contributed by atoms with Gasteiger partial charge in [-0.05, 0) is 36.8 Å². The summed E-state index contributed by atoms with van der Waals surface area (Å²) in [5.41, 5.74) is 1.11. The average molecular weight is 377 g/mol. The number of hydrogen-bond donors (Lipinski definition) is 2. The first-order chi connectivity index (χ1) is 10.6. The minimum absolute atomic E-state index is 0. The highest BCUT2D eigenvalue weighted by Crippen LogP contribution is 2.23. The van der Waals surface area contributed by atoms with Crippen molar-refractivity contribution >= 4 is 35.6 Å². The quantitative estimate of drug-likeness (QED) is 0.747. The van der Waals surface area contributed by atoms with Crippen molar-refractivity contribution in [3.63, 3.8) is 0 Å². The largest absolute Gasteiger partial charge is 0.489 e. The Morgan fingerprint density at radius 3 is 2.39 bits per heavy atom. The topological polar surface area (TPSA) is 41.5 Å². The second kappa shape index (κ2) is 10.0. The van der Waals surface area contributed by atoms with Crippen LogP contribution in [0.15, 0.2) is 48.5 Å². The van der Waals surface area contributed by atoms with Crippen LogP contribution in [-0.2, 0) is 0 Å². The maximum Gasteiger partial charge on any atom is 0.138 e. The fourth-order valence-corrected chi connectivity index (χ4v) is 2.31. The van der Waals surface area contributed by atoms with Gasteiger partial charge in [0, 0.05) is 17.6 Å². The monoisotopic (exact) mass is 375 g/mol. The lowest BCUT2D eigenvalue weighted by atomic mass is 10.1. The summed E-state index contributed by atoms with van der Waals surface area (Å²) in [7, 11) is 0. The lowest BCUT2D eigenvalue weighted by Crippen LogP contribution is -2.33. The van der Waals surface area contributed by atoms with Gasteiger partial charge < -0.3 is 15.2 Å². The molecule has 0 fully saturated rings. The van der Waals surface area contributed by atoms with Crippen LogP contribution in [-0.4, -0.2) is 24.4 Å². The Morgan fingerprint density at radius 2 is 1.74 bits per heavy atom. The highest BCUT2D eigenvalue weighted by molar-refractivity contribution is 6.32. The van der Waals surface area contributed by atoms with Gasteiger partial charge in [0.1, 0.15) is 18.5 Å². The average Bonchev–Trinajstić information content (AvgIpc) is 2.52. The van der Waals surface area contributed by atoms with E-state index >= 15 is 0 Å². The Balaban J connectivity index is 0.00000264. The normalized spacial score (nSPS) is 13.0. The van der Waals surface area contributed by atoms with E-state index in [1.165, 1.54) is 0 Å². The van der Waals surface area contributed by atoms with E-state index in [1.807, 2.05) is 43.3 Å². The maximum absolute atomic E-state index is 9.99. The molecule has 23 heavy (non-hydrogen) atoms. The molecule has 0 aliphatic heterocycles. The van der Waals surface area contributed by atoms with Crippen LogP contribution in [0.5, 0.6) is 5.75 Å². The van der Waals surface area contributed by atoms with Crippen molar-refractivity contribution in [2.24, 2.45) is 0 Å². The summed E-state index contributed by atoms with van der Waals surface area (Å²) < 4.78 is 5.51. The number of para-hydroxylation sites is 1. The van der Waals surface area contributed by atoms with Crippen molar-refractivity contribution < 1.29 is 9.84 Å². The van der Waals surface area contributed by atoms with E-state index in [-0.39, 0.29) is 25.1 Å². The Hall–Kier alpha value is -0.970. The second-order valence-electron chi connectivity index (χ2n) is 5.08. The van der Waals surface area contributed by atoms with Crippen molar-refractivity contribution in [2.45, 2.75) is 19.1 Å². The van der Waals surface area contributed by atoms with Gasteiger partial charge in [0.25, 0.3) is 0 Å². The fraction of sp³-hybridized carbons (Fsp3) is 0.294. The highest BCUT2D eigenvalue weighted by atomic mass is 35.5. The third-order valence-electron chi connectivity index (χ3n) is 3.30. The van der Waals surface area contributed by atoms with Crippen molar-refractivity contribution in [3.05, 3.63) is 64.1 Å². The number of ether oxygens (including phenoxy) is 1. The molecule has 2 rings (SSSR count). The van der Waals surface area contributed by atoms with Crippen LogP contribution >= 0.6 is 35.6 Å². The SMILES string of the molecule is CC(NCC(O)COc1ccccc1Cl)c1ccc(Cl)cc1.Cl. The molecule has 0 radical (unpaired) electrons. The van der Waals surface area contributed by atoms with E-state index in [0.29, 0.717) is 22.3 Å². The van der Waals surface area contributed by atoms with Crippen molar-refractivity contribution in [1.29, 1.82) is 0 Å². The molecule has 0 aliphatic rings. The molecular weight excluding hydrogens is 357 g/mol. The summed E-state index contributed by atoms with van der Waals surface area (Å²) in [6.45, 7) is 2.64. The first-order valence-electron chi connectivity index (χ1n) is 7.10. The molecule has 2 atom stereocenters. The van der Waals surface area contributed by atoms with E-state index in [4.69, 9.17) is 27.9 Å². The maximum atomic E-state index is 9.99. The van der Waals surface area contributed by atoms with Crippen LogP contribution in [0.25, 0.3) is 0 Å². The lowest BCUT2D eigenvalue weighted by molar-refractivity contribution is 0.104. The zero-order valence-corrected chi connectivity index (χ0v) is 15.0. The summed E-state index contributed by atoms with van der Waals surface area (Å²) in [6.07, 6.45) is -0.619. The van der Waals surface area contributed by atoms with Gasteiger partial charge in [-0.3, -0.25) is 0 Å². The zero-order chi connectivity index (χ0) is 15.9. The predicted molar refractivity (Wildman–Crippen MR) is 98.1 cm³/mol. The Bertz CT molecular complexity index is 593. The van der Waals surface area contributed by atoms with E-state index in [1.54, 1.807) is 12.1 Å². The third-order valence-corrected chi connectivity index (χ3v) is 3.86. The highest BCUT2D eigenvalue weighted by Gasteiger charge is 2.10. The second-order valence-corrected chi connectivity index (χ2v) is 5.92. The molecule has 0 saturated heterocycles. The van der Waals surface area contributed by atoms with Crippen LogP contribution in [0, 0.1) is 0 Å². The minimum atomic E-state index is -0.619. The van der Waals surface area contributed by atoms with Crippen LogP contribution in [0.4, 0.5) is 0 Å². The molecule has 0 aromatic heterocycles. The molecule has 2 unspecified atom stereocenters. The number of rotatable bonds is 7. The van der Waals surface area contributed by atoms with E-state index < -0.39 is 6.10 Å². The number of aliphatic hydroxyl groups is 1. The summed E-state index contributed by atoms with van der Waals surface area (Å²) in [6, 6.07) is 15.0. The van der Waals surface area contributed by atoms with Crippen molar-refractivity contribution in [3.8, 4) is 5.75 Å². The number of halogens is 3. The smallest absolute Gasteiger partial charge is 0.138 e. The molecule has 0 heterocycles. The van der Waals surface area contributed by atoms with Crippen molar-refractivity contribution in [2.75, 3.05) is 13.2 Å². The Labute approximate surface area is 153 Å². The van der Waals surface area contributed by atoms with Crippen molar-refractivity contribution in [1.82, 2.24) is 5.32 Å². The summed E-state index contributed by atoms with van der Waals surface area (Å²) >= 11 is 11.9. The molecular formula is C17H20Cl3NO2. The van der Waals surface area contributed by atoms with E-state index in [0.717, 1.165) is 5.56 Å². The number of benzene rings is 2. The van der Waals surface area contributed by atoms with Crippen LogP contribution in [0.1, 0.15) is 18.5 Å². The minimum Gasteiger partial charge on any atom is -0.489 e. The first-order valence-corrected chi connectivity index (χ1v) is 7.86. The number of hydrogen-bond acceptors (Lipinski definition) is 3. The Kier molecular flexibility index (Phi) is 8.74. The van der Waals surface area contributed by atoms with Crippen LogP contribution in [0.2, 0.25) is 10.0 Å². The summed E-state index contributed by atoms with van der Waals surface area (Å²) in [5.74, 6) is 0.578. The van der Waals surface area contributed by atoms with Crippen LogP contribution in [0.3, 0.4) is 0 Å².